The quantitative estimate of drug-likeness (QED) is 0.888. The average Bonchev–Trinajstić information content (AvgIpc) is 2.62. The van der Waals surface area contributed by atoms with Crippen LogP contribution < -0.4 is 15.8 Å². The standard InChI is InChI=1S/C18H22N4O/c23-17-14-8-4-5-9-15(14)20-18(21-17)22-11-10-19-16(12-22)13-6-2-1-3-7-13/h1-3,6-7,16,19H,4-5,8-12H2,(H,20,21,23). The van der Waals surface area contributed by atoms with E-state index in [1.54, 1.807) is 0 Å². The van der Waals surface area contributed by atoms with Crippen molar-refractivity contribution in [3.8, 4) is 0 Å². The Bertz CT molecular complexity index is 740. The smallest absolute Gasteiger partial charge is 0.255 e. The van der Waals surface area contributed by atoms with Crippen molar-refractivity contribution in [2.24, 2.45) is 0 Å². The molecule has 1 fully saturated rings. The molecule has 1 saturated heterocycles. The minimum absolute atomic E-state index is 0.0551. The van der Waals surface area contributed by atoms with Gasteiger partial charge in [0.25, 0.3) is 5.56 Å². The summed E-state index contributed by atoms with van der Waals surface area (Å²) >= 11 is 0. The van der Waals surface area contributed by atoms with E-state index in [0.717, 1.165) is 62.5 Å². The molecule has 0 radical (unpaired) electrons. The Morgan fingerprint density at radius 2 is 1.96 bits per heavy atom. The molecule has 0 bridgehead atoms. The lowest BCUT2D eigenvalue weighted by Gasteiger charge is -2.34. The highest BCUT2D eigenvalue weighted by Gasteiger charge is 2.24. The molecule has 1 unspecified atom stereocenters. The van der Waals surface area contributed by atoms with Crippen molar-refractivity contribution >= 4 is 5.95 Å². The number of nitrogens with zero attached hydrogens (tertiary/aromatic N) is 2. The third-order valence-electron chi connectivity index (χ3n) is 4.86. The molecule has 0 saturated carbocycles. The van der Waals surface area contributed by atoms with Crippen molar-refractivity contribution < 1.29 is 0 Å². The molecule has 0 amide bonds. The molecule has 120 valence electrons. The maximum atomic E-state index is 12.3. The van der Waals surface area contributed by atoms with Gasteiger partial charge in [-0.2, -0.15) is 0 Å². The van der Waals surface area contributed by atoms with Crippen LogP contribution >= 0.6 is 0 Å². The number of aromatic nitrogens is 2. The minimum atomic E-state index is 0.0551. The van der Waals surface area contributed by atoms with Crippen LogP contribution in [0.2, 0.25) is 0 Å². The van der Waals surface area contributed by atoms with E-state index in [-0.39, 0.29) is 11.6 Å². The lowest BCUT2D eigenvalue weighted by molar-refractivity contribution is 0.465. The predicted molar refractivity (Wildman–Crippen MR) is 90.9 cm³/mol. The van der Waals surface area contributed by atoms with Crippen LogP contribution in [0.4, 0.5) is 5.95 Å². The Labute approximate surface area is 135 Å². The highest BCUT2D eigenvalue weighted by molar-refractivity contribution is 5.36. The predicted octanol–water partition coefficient (Wildman–Crippen LogP) is 1.80. The first-order chi connectivity index (χ1) is 11.3. The summed E-state index contributed by atoms with van der Waals surface area (Å²) in [6.45, 7) is 2.58. The van der Waals surface area contributed by atoms with Crippen LogP contribution in [0.1, 0.15) is 35.7 Å². The highest BCUT2D eigenvalue weighted by Crippen LogP contribution is 2.22. The van der Waals surface area contributed by atoms with Crippen molar-refractivity contribution in [2.45, 2.75) is 31.7 Å². The monoisotopic (exact) mass is 310 g/mol. The van der Waals surface area contributed by atoms with E-state index in [4.69, 9.17) is 4.98 Å². The molecular weight excluding hydrogens is 288 g/mol. The second kappa shape index (κ2) is 6.16. The van der Waals surface area contributed by atoms with Crippen LogP contribution in [0.3, 0.4) is 0 Å². The minimum Gasteiger partial charge on any atom is -0.339 e. The topological polar surface area (TPSA) is 61.0 Å². The zero-order valence-corrected chi connectivity index (χ0v) is 13.2. The summed E-state index contributed by atoms with van der Waals surface area (Å²) in [7, 11) is 0. The van der Waals surface area contributed by atoms with Crippen LogP contribution in [0, 0.1) is 0 Å². The fourth-order valence-electron chi connectivity index (χ4n) is 3.59. The number of fused-ring (bicyclic) bond motifs is 1. The van der Waals surface area contributed by atoms with Gasteiger partial charge >= 0.3 is 0 Å². The van der Waals surface area contributed by atoms with Gasteiger partial charge in [-0.3, -0.25) is 9.78 Å². The number of aryl methyl sites for hydroxylation is 1. The summed E-state index contributed by atoms with van der Waals surface area (Å²) in [4.78, 5) is 22.3. The molecule has 1 aromatic carbocycles. The molecule has 5 nitrogen and oxygen atoms in total. The second-order valence-electron chi connectivity index (χ2n) is 6.39. The van der Waals surface area contributed by atoms with Gasteiger partial charge in [-0.15, -0.1) is 0 Å². The zero-order chi connectivity index (χ0) is 15.6. The van der Waals surface area contributed by atoms with Crippen molar-refractivity contribution in [1.82, 2.24) is 15.3 Å². The molecule has 4 rings (SSSR count). The highest BCUT2D eigenvalue weighted by atomic mass is 16.1. The van der Waals surface area contributed by atoms with E-state index in [9.17, 15) is 4.79 Å². The molecule has 2 heterocycles. The summed E-state index contributed by atoms with van der Waals surface area (Å²) in [6.07, 6.45) is 4.03. The number of anilines is 1. The molecule has 1 atom stereocenters. The third-order valence-corrected chi connectivity index (χ3v) is 4.86. The number of piperazine rings is 1. The Balaban J connectivity index is 1.60. The van der Waals surface area contributed by atoms with E-state index in [0.29, 0.717) is 0 Å². The summed E-state index contributed by atoms with van der Waals surface area (Å²) < 4.78 is 0. The number of benzene rings is 1. The van der Waals surface area contributed by atoms with E-state index in [1.807, 2.05) is 6.07 Å². The lowest BCUT2D eigenvalue weighted by Crippen LogP contribution is -2.47. The van der Waals surface area contributed by atoms with Crippen molar-refractivity contribution in [3.63, 3.8) is 0 Å². The lowest BCUT2D eigenvalue weighted by atomic mass is 9.97. The Hall–Kier alpha value is -2.14. The van der Waals surface area contributed by atoms with Crippen molar-refractivity contribution in [2.75, 3.05) is 24.5 Å². The average molecular weight is 310 g/mol. The molecule has 1 aromatic heterocycles. The van der Waals surface area contributed by atoms with Crippen molar-refractivity contribution in [3.05, 3.63) is 57.5 Å². The number of hydrogen-bond donors (Lipinski definition) is 2. The van der Waals surface area contributed by atoms with Crippen LogP contribution in [0.15, 0.2) is 35.1 Å². The first-order valence-electron chi connectivity index (χ1n) is 8.46. The Kier molecular flexibility index (Phi) is 3.87. The number of aromatic amines is 1. The third kappa shape index (κ3) is 2.88. The molecule has 0 spiro atoms. The van der Waals surface area contributed by atoms with Crippen molar-refractivity contribution in [1.29, 1.82) is 0 Å². The number of hydrogen-bond acceptors (Lipinski definition) is 4. The maximum absolute atomic E-state index is 12.3. The summed E-state index contributed by atoms with van der Waals surface area (Å²) in [5.74, 6) is 0.734. The van der Waals surface area contributed by atoms with Crippen LogP contribution in [-0.4, -0.2) is 29.6 Å². The molecule has 2 N–H and O–H groups in total. The van der Waals surface area contributed by atoms with Gasteiger partial charge in [0.1, 0.15) is 0 Å². The number of H-pyrrole nitrogens is 1. The fourth-order valence-corrected chi connectivity index (χ4v) is 3.59. The van der Waals surface area contributed by atoms with Gasteiger partial charge in [0, 0.05) is 31.2 Å². The molecule has 2 aromatic rings. The van der Waals surface area contributed by atoms with E-state index >= 15 is 0 Å². The number of rotatable bonds is 2. The van der Waals surface area contributed by atoms with Gasteiger partial charge in [-0.05, 0) is 31.2 Å². The SMILES string of the molecule is O=c1[nH]c(N2CCNC(c3ccccc3)C2)nc2c1CCCC2. The van der Waals surface area contributed by atoms with Crippen LogP contribution in [0.25, 0.3) is 0 Å². The van der Waals surface area contributed by atoms with Gasteiger partial charge in [0.15, 0.2) is 0 Å². The molecule has 5 heteroatoms. The van der Waals surface area contributed by atoms with E-state index in [1.165, 1.54) is 5.56 Å². The molecule has 2 aliphatic rings. The van der Waals surface area contributed by atoms with Crippen LogP contribution in [-0.2, 0) is 12.8 Å². The Morgan fingerprint density at radius 1 is 1.13 bits per heavy atom. The molecule has 1 aliphatic heterocycles. The first-order valence-corrected chi connectivity index (χ1v) is 8.46. The van der Waals surface area contributed by atoms with Crippen LogP contribution in [0.5, 0.6) is 0 Å². The Morgan fingerprint density at radius 3 is 2.83 bits per heavy atom. The van der Waals surface area contributed by atoms with Gasteiger partial charge in [-0.1, -0.05) is 30.3 Å². The van der Waals surface area contributed by atoms with Gasteiger partial charge < -0.3 is 10.2 Å². The maximum Gasteiger partial charge on any atom is 0.255 e. The summed E-state index contributed by atoms with van der Waals surface area (Å²) in [5, 5.41) is 3.55. The number of nitrogens with one attached hydrogen (secondary N) is 2. The largest absolute Gasteiger partial charge is 0.339 e. The summed E-state index contributed by atoms with van der Waals surface area (Å²) in [5.41, 5.74) is 3.23. The van der Waals surface area contributed by atoms with Gasteiger partial charge in [0.2, 0.25) is 5.95 Å². The second-order valence-corrected chi connectivity index (χ2v) is 6.39. The fraction of sp³-hybridized carbons (Fsp3) is 0.444. The normalized spacial score (nSPS) is 21.0. The van der Waals surface area contributed by atoms with Gasteiger partial charge in [-0.25, -0.2) is 4.98 Å². The summed E-state index contributed by atoms with van der Waals surface area (Å²) in [6, 6.07) is 10.7. The van der Waals surface area contributed by atoms with Gasteiger partial charge in [0.05, 0.1) is 5.69 Å². The van der Waals surface area contributed by atoms with E-state index < -0.39 is 0 Å². The zero-order valence-electron chi connectivity index (χ0n) is 13.2. The first kappa shape index (κ1) is 14.5. The molecular formula is C18H22N4O. The molecule has 23 heavy (non-hydrogen) atoms. The molecule has 1 aliphatic carbocycles. The van der Waals surface area contributed by atoms with E-state index in [2.05, 4.69) is 39.5 Å².